The molecule has 4 nitrogen and oxygen atoms in total. The monoisotopic (exact) mass is 308 g/mol. The summed E-state index contributed by atoms with van der Waals surface area (Å²) in [6, 6.07) is 4.91. The van der Waals surface area contributed by atoms with Crippen molar-refractivity contribution in [1.29, 1.82) is 0 Å². The summed E-state index contributed by atoms with van der Waals surface area (Å²) in [5.41, 5.74) is -0.138. The maximum atomic E-state index is 11.8. The molecular formula is C16H24N2O2S. The van der Waals surface area contributed by atoms with Gasteiger partial charge in [-0.1, -0.05) is 25.3 Å². The highest BCUT2D eigenvalue weighted by Crippen LogP contribution is 2.28. The maximum Gasteiger partial charge on any atom is 0.250 e. The first-order valence-electron chi connectivity index (χ1n) is 7.79. The van der Waals surface area contributed by atoms with Crippen molar-refractivity contribution in [3.05, 3.63) is 34.7 Å². The third-order valence-corrected chi connectivity index (χ3v) is 5.23. The molecule has 1 aliphatic carbocycles. The van der Waals surface area contributed by atoms with E-state index in [1.807, 2.05) is 11.8 Å². The molecule has 2 rings (SSSR count). The first-order valence-corrected chi connectivity index (χ1v) is 8.84. The molecule has 5 heteroatoms. The molecule has 1 aromatic heterocycles. The van der Waals surface area contributed by atoms with Gasteiger partial charge in [-0.25, -0.2) is 0 Å². The molecule has 1 saturated carbocycles. The zero-order valence-corrected chi connectivity index (χ0v) is 13.2. The zero-order chi connectivity index (χ0) is 14.9. The van der Waals surface area contributed by atoms with E-state index in [2.05, 4.69) is 5.32 Å². The van der Waals surface area contributed by atoms with Gasteiger partial charge in [-0.15, -0.1) is 0 Å². The SMILES string of the molecule is O=C(Cn1ccccc1=O)NCCCSC1CCCCC1. The van der Waals surface area contributed by atoms with Crippen molar-refractivity contribution in [2.75, 3.05) is 12.3 Å². The van der Waals surface area contributed by atoms with Crippen molar-refractivity contribution in [2.45, 2.75) is 50.3 Å². The minimum atomic E-state index is -0.138. The van der Waals surface area contributed by atoms with Crippen LogP contribution < -0.4 is 10.9 Å². The van der Waals surface area contributed by atoms with Crippen molar-refractivity contribution in [2.24, 2.45) is 0 Å². The van der Waals surface area contributed by atoms with Gasteiger partial charge in [0.05, 0.1) is 0 Å². The molecular weight excluding hydrogens is 284 g/mol. The molecule has 1 heterocycles. The lowest BCUT2D eigenvalue weighted by Crippen LogP contribution is -2.32. The van der Waals surface area contributed by atoms with Crippen LogP contribution in [0.5, 0.6) is 0 Å². The van der Waals surface area contributed by atoms with Gasteiger partial charge in [0.15, 0.2) is 0 Å². The lowest BCUT2D eigenvalue weighted by Gasteiger charge is -2.20. The number of rotatable bonds is 7. The number of carbonyl (C=O) groups is 1. The molecule has 0 saturated heterocycles. The minimum Gasteiger partial charge on any atom is -0.355 e. The fourth-order valence-electron chi connectivity index (χ4n) is 2.58. The molecule has 0 atom stereocenters. The predicted octanol–water partition coefficient (Wildman–Crippen LogP) is 2.42. The second kappa shape index (κ2) is 8.93. The lowest BCUT2D eigenvalue weighted by molar-refractivity contribution is -0.121. The number of nitrogens with zero attached hydrogens (tertiary/aromatic N) is 1. The first-order chi connectivity index (χ1) is 10.3. The van der Waals surface area contributed by atoms with E-state index in [0.29, 0.717) is 6.54 Å². The summed E-state index contributed by atoms with van der Waals surface area (Å²) in [6.07, 6.45) is 9.49. The molecule has 21 heavy (non-hydrogen) atoms. The second-order valence-electron chi connectivity index (χ2n) is 5.50. The van der Waals surface area contributed by atoms with Crippen LogP contribution in [0.1, 0.15) is 38.5 Å². The van der Waals surface area contributed by atoms with Crippen LogP contribution in [0.25, 0.3) is 0 Å². The van der Waals surface area contributed by atoms with Gasteiger partial charge in [0.1, 0.15) is 6.54 Å². The summed E-state index contributed by atoms with van der Waals surface area (Å²) < 4.78 is 1.42. The van der Waals surface area contributed by atoms with Crippen LogP contribution in [0, 0.1) is 0 Å². The summed E-state index contributed by atoms with van der Waals surface area (Å²) in [7, 11) is 0. The largest absolute Gasteiger partial charge is 0.355 e. The van der Waals surface area contributed by atoms with Crippen LogP contribution in [0.2, 0.25) is 0 Å². The van der Waals surface area contributed by atoms with Crippen molar-refractivity contribution >= 4 is 17.7 Å². The van der Waals surface area contributed by atoms with E-state index >= 15 is 0 Å². The van der Waals surface area contributed by atoms with Gasteiger partial charge < -0.3 is 9.88 Å². The summed E-state index contributed by atoms with van der Waals surface area (Å²) >= 11 is 2.05. The van der Waals surface area contributed by atoms with Gasteiger partial charge in [0.25, 0.3) is 5.56 Å². The minimum absolute atomic E-state index is 0.0917. The summed E-state index contributed by atoms with van der Waals surface area (Å²) in [4.78, 5) is 23.2. The summed E-state index contributed by atoms with van der Waals surface area (Å²) in [6.45, 7) is 0.801. The highest BCUT2D eigenvalue weighted by atomic mass is 32.2. The Morgan fingerprint density at radius 1 is 1.29 bits per heavy atom. The molecule has 1 fully saturated rings. The molecule has 0 aromatic carbocycles. The standard InChI is InChI=1S/C16H24N2O2S/c19-15(13-18-11-5-4-9-16(18)20)17-10-6-12-21-14-7-2-1-3-8-14/h4-5,9,11,14H,1-3,6-8,10,12-13H2,(H,17,19). The quantitative estimate of drug-likeness (QED) is 0.787. The van der Waals surface area contributed by atoms with Gasteiger partial charge in [-0.3, -0.25) is 9.59 Å². The Balaban J connectivity index is 1.57. The number of hydrogen-bond acceptors (Lipinski definition) is 3. The topological polar surface area (TPSA) is 51.1 Å². The number of aromatic nitrogens is 1. The Hall–Kier alpha value is -1.23. The van der Waals surface area contributed by atoms with Gasteiger partial charge in [0.2, 0.25) is 5.91 Å². The number of pyridine rings is 1. The van der Waals surface area contributed by atoms with Gasteiger partial charge in [-0.2, -0.15) is 11.8 Å². The summed E-state index contributed by atoms with van der Waals surface area (Å²) in [5, 5.41) is 3.71. The Bertz CT molecular complexity index is 495. The van der Waals surface area contributed by atoms with Gasteiger partial charge in [0, 0.05) is 24.1 Å². The average Bonchev–Trinajstić information content (AvgIpc) is 2.50. The van der Waals surface area contributed by atoms with E-state index < -0.39 is 0 Å². The highest BCUT2D eigenvalue weighted by molar-refractivity contribution is 7.99. The van der Waals surface area contributed by atoms with E-state index in [4.69, 9.17) is 0 Å². The van der Waals surface area contributed by atoms with E-state index in [1.54, 1.807) is 18.3 Å². The third kappa shape index (κ3) is 5.96. The van der Waals surface area contributed by atoms with E-state index in [9.17, 15) is 9.59 Å². The molecule has 1 amide bonds. The fourth-order valence-corrected chi connectivity index (χ4v) is 3.89. The molecule has 0 unspecified atom stereocenters. The van der Waals surface area contributed by atoms with Crippen LogP contribution in [-0.4, -0.2) is 28.0 Å². The Morgan fingerprint density at radius 2 is 2.10 bits per heavy atom. The van der Waals surface area contributed by atoms with Crippen LogP contribution in [0.4, 0.5) is 0 Å². The average molecular weight is 308 g/mol. The Labute approximate surface area is 130 Å². The maximum absolute atomic E-state index is 11.8. The Morgan fingerprint density at radius 3 is 2.86 bits per heavy atom. The first kappa shape index (κ1) is 16.1. The molecule has 0 spiro atoms. The number of nitrogens with one attached hydrogen (secondary N) is 1. The molecule has 1 aromatic rings. The molecule has 1 N–H and O–H groups in total. The summed E-state index contributed by atoms with van der Waals surface area (Å²) in [5.74, 6) is 1.02. The van der Waals surface area contributed by atoms with E-state index in [-0.39, 0.29) is 18.0 Å². The number of hydrogen-bond donors (Lipinski definition) is 1. The van der Waals surface area contributed by atoms with Gasteiger partial charge in [-0.05, 0) is 31.1 Å². The van der Waals surface area contributed by atoms with Crippen molar-refractivity contribution in [1.82, 2.24) is 9.88 Å². The highest BCUT2D eigenvalue weighted by Gasteiger charge is 2.13. The third-order valence-electron chi connectivity index (χ3n) is 3.76. The smallest absolute Gasteiger partial charge is 0.250 e. The lowest BCUT2D eigenvalue weighted by atomic mass is 10.0. The van der Waals surface area contributed by atoms with Crippen LogP contribution >= 0.6 is 11.8 Å². The normalized spacial score (nSPS) is 15.8. The van der Waals surface area contributed by atoms with E-state index in [0.717, 1.165) is 17.4 Å². The van der Waals surface area contributed by atoms with Crippen LogP contribution in [0.3, 0.4) is 0 Å². The van der Waals surface area contributed by atoms with Crippen LogP contribution in [0.15, 0.2) is 29.2 Å². The predicted molar refractivity (Wildman–Crippen MR) is 87.7 cm³/mol. The van der Waals surface area contributed by atoms with Crippen molar-refractivity contribution < 1.29 is 4.79 Å². The number of amides is 1. The Kier molecular flexibility index (Phi) is 6.86. The van der Waals surface area contributed by atoms with Crippen molar-refractivity contribution in [3.63, 3.8) is 0 Å². The molecule has 0 aliphatic heterocycles. The molecule has 116 valence electrons. The molecule has 0 bridgehead atoms. The van der Waals surface area contributed by atoms with Crippen LogP contribution in [-0.2, 0) is 11.3 Å². The van der Waals surface area contributed by atoms with Crippen molar-refractivity contribution in [3.8, 4) is 0 Å². The van der Waals surface area contributed by atoms with E-state index in [1.165, 1.54) is 42.7 Å². The second-order valence-corrected chi connectivity index (χ2v) is 6.91. The number of carbonyl (C=O) groups excluding carboxylic acids is 1. The number of thioether (sulfide) groups is 1. The zero-order valence-electron chi connectivity index (χ0n) is 12.4. The molecule has 0 radical (unpaired) electrons. The molecule has 1 aliphatic rings. The fraction of sp³-hybridized carbons (Fsp3) is 0.625. The van der Waals surface area contributed by atoms with Gasteiger partial charge >= 0.3 is 0 Å².